The van der Waals surface area contributed by atoms with E-state index in [0.717, 1.165) is 33.8 Å². The second-order valence-corrected chi connectivity index (χ2v) is 10.7. The van der Waals surface area contributed by atoms with Crippen LogP contribution in [0.25, 0.3) is 71.8 Å². The second-order valence-electron chi connectivity index (χ2n) is 10.7. The van der Waals surface area contributed by atoms with Crippen molar-refractivity contribution >= 4 is 32.6 Å². The van der Waals surface area contributed by atoms with Gasteiger partial charge in [0, 0.05) is 17.4 Å². The molecule has 0 aliphatic rings. The van der Waals surface area contributed by atoms with E-state index in [1.54, 1.807) is 0 Å². The molecular weight excluding hydrogens is 510 g/mol. The van der Waals surface area contributed by atoms with Crippen molar-refractivity contribution in [1.29, 1.82) is 0 Å². The Labute approximate surface area is 244 Å². The molecule has 0 radical (unpaired) electrons. The van der Waals surface area contributed by atoms with Gasteiger partial charge in [-0.05, 0) is 93.2 Å². The zero-order valence-corrected chi connectivity index (χ0v) is 23.2. The highest BCUT2D eigenvalue weighted by Crippen LogP contribution is 2.44. The van der Waals surface area contributed by atoms with E-state index in [1.165, 1.54) is 43.8 Å². The molecule has 42 heavy (non-hydrogen) atoms. The summed E-state index contributed by atoms with van der Waals surface area (Å²) in [6, 6.07) is 49.6. The van der Waals surface area contributed by atoms with Crippen LogP contribution in [0.15, 0.2) is 146 Å². The number of aromatic nitrogens is 3. The Balaban J connectivity index is 1.39. The summed E-state index contributed by atoms with van der Waals surface area (Å²) in [7, 11) is 0. The van der Waals surface area contributed by atoms with E-state index in [9.17, 15) is 0 Å². The van der Waals surface area contributed by atoms with Crippen LogP contribution >= 0.6 is 0 Å². The first-order valence-electron chi connectivity index (χ1n) is 14.3. The molecule has 0 atom stereocenters. The molecule has 0 saturated carbocycles. The van der Waals surface area contributed by atoms with Gasteiger partial charge in [0.15, 0.2) is 0 Å². The molecule has 2 heterocycles. The number of para-hydroxylation sites is 2. The summed E-state index contributed by atoms with van der Waals surface area (Å²) in [4.78, 5) is 9.43. The minimum atomic E-state index is 0.976. The van der Waals surface area contributed by atoms with Crippen molar-refractivity contribution in [2.45, 2.75) is 6.92 Å². The molecule has 3 nitrogen and oxygen atoms in total. The Hall–Kier alpha value is -5.54. The van der Waals surface area contributed by atoms with E-state index in [0.29, 0.717) is 0 Å². The maximum absolute atomic E-state index is 4.82. The lowest BCUT2D eigenvalue weighted by molar-refractivity contribution is 1.00. The Morgan fingerprint density at radius 3 is 1.74 bits per heavy atom. The molecule has 6 aromatic carbocycles. The normalized spacial score (nSPS) is 11.5. The number of hydrogen-bond acceptors (Lipinski definition) is 2. The lowest BCUT2D eigenvalue weighted by Crippen LogP contribution is -1.97. The van der Waals surface area contributed by atoms with Crippen molar-refractivity contribution in [2.75, 3.05) is 0 Å². The fraction of sp³-hybridized carbons (Fsp3) is 0.0256. The molecule has 2 aromatic heterocycles. The van der Waals surface area contributed by atoms with E-state index in [4.69, 9.17) is 4.98 Å². The van der Waals surface area contributed by atoms with E-state index in [2.05, 4.69) is 138 Å². The van der Waals surface area contributed by atoms with Crippen LogP contribution in [0.2, 0.25) is 0 Å². The van der Waals surface area contributed by atoms with Gasteiger partial charge < -0.3 is 0 Å². The number of rotatable bonds is 4. The standard InChI is InChI=1S/C39H27N3/c1-26-41-36-21-6-7-22-37(36)42(26)30-15-11-14-29(25-30)39-33-18-4-2-16-31(33)38(32-17-3-5-19-34(32)39)28-13-10-12-27(24-28)35-20-8-9-23-40-35/h2-25H,1H3. The minimum Gasteiger partial charge on any atom is -0.297 e. The number of fused-ring (bicyclic) bond motifs is 3. The molecule has 8 aromatic rings. The first-order valence-corrected chi connectivity index (χ1v) is 14.3. The molecule has 0 aliphatic heterocycles. The molecule has 0 amide bonds. The lowest BCUT2D eigenvalue weighted by atomic mass is 9.85. The highest BCUT2D eigenvalue weighted by molar-refractivity contribution is 6.21. The second kappa shape index (κ2) is 9.83. The third-order valence-electron chi connectivity index (χ3n) is 8.16. The van der Waals surface area contributed by atoms with Crippen molar-refractivity contribution in [2.24, 2.45) is 0 Å². The number of hydrogen-bond donors (Lipinski definition) is 0. The van der Waals surface area contributed by atoms with Crippen LogP contribution < -0.4 is 0 Å². The van der Waals surface area contributed by atoms with Crippen LogP contribution in [0, 0.1) is 6.92 Å². The van der Waals surface area contributed by atoms with Crippen molar-refractivity contribution < 1.29 is 0 Å². The van der Waals surface area contributed by atoms with Gasteiger partial charge in [0.25, 0.3) is 0 Å². The Morgan fingerprint density at radius 1 is 0.500 bits per heavy atom. The number of aryl methyl sites for hydroxylation is 1. The third kappa shape index (κ3) is 3.90. The smallest absolute Gasteiger partial charge is 0.111 e. The summed E-state index contributed by atoms with van der Waals surface area (Å²) in [5.41, 5.74) is 10.2. The fourth-order valence-electron chi connectivity index (χ4n) is 6.39. The summed E-state index contributed by atoms with van der Waals surface area (Å²) < 4.78 is 2.25. The number of benzene rings is 6. The Bertz CT molecular complexity index is 2200. The van der Waals surface area contributed by atoms with Gasteiger partial charge >= 0.3 is 0 Å². The molecule has 0 N–H and O–H groups in total. The van der Waals surface area contributed by atoms with Gasteiger partial charge in [-0.3, -0.25) is 9.55 Å². The third-order valence-corrected chi connectivity index (χ3v) is 8.16. The van der Waals surface area contributed by atoms with Crippen LogP contribution in [-0.4, -0.2) is 14.5 Å². The van der Waals surface area contributed by atoms with Gasteiger partial charge in [-0.2, -0.15) is 0 Å². The average Bonchev–Trinajstić information content (AvgIpc) is 3.39. The first-order chi connectivity index (χ1) is 20.8. The zero-order chi connectivity index (χ0) is 28.0. The molecular formula is C39H27N3. The van der Waals surface area contributed by atoms with Crippen LogP contribution in [0.5, 0.6) is 0 Å². The highest BCUT2D eigenvalue weighted by Gasteiger charge is 2.18. The van der Waals surface area contributed by atoms with E-state index < -0.39 is 0 Å². The first kappa shape index (κ1) is 24.3. The van der Waals surface area contributed by atoms with Crippen molar-refractivity contribution in [3.63, 3.8) is 0 Å². The molecule has 0 bridgehead atoms. The maximum Gasteiger partial charge on any atom is 0.111 e. The van der Waals surface area contributed by atoms with Gasteiger partial charge in [0.1, 0.15) is 5.82 Å². The molecule has 8 rings (SSSR count). The topological polar surface area (TPSA) is 30.7 Å². The van der Waals surface area contributed by atoms with Gasteiger partial charge in [-0.1, -0.05) is 97.1 Å². The van der Waals surface area contributed by atoms with Crippen LogP contribution in [-0.2, 0) is 0 Å². The number of imidazole rings is 1. The van der Waals surface area contributed by atoms with Crippen LogP contribution in [0.4, 0.5) is 0 Å². The largest absolute Gasteiger partial charge is 0.297 e. The lowest BCUT2D eigenvalue weighted by Gasteiger charge is -2.19. The van der Waals surface area contributed by atoms with E-state index >= 15 is 0 Å². The molecule has 0 saturated heterocycles. The predicted octanol–water partition coefficient (Wildman–Crippen LogP) is 10.0. The van der Waals surface area contributed by atoms with E-state index in [1.807, 2.05) is 24.4 Å². The van der Waals surface area contributed by atoms with Crippen LogP contribution in [0.3, 0.4) is 0 Å². The van der Waals surface area contributed by atoms with Gasteiger partial charge in [-0.25, -0.2) is 4.98 Å². The highest BCUT2D eigenvalue weighted by atomic mass is 15.1. The number of pyridine rings is 1. The zero-order valence-electron chi connectivity index (χ0n) is 23.2. The fourth-order valence-corrected chi connectivity index (χ4v) is 6.39. The van der Waals surface area contributed by atoms with Crippen LogP contribution in [0.1, 0.15) is 5.82 Å². The Kier molecular flexibility index (Phi) is 5.68. The Morgan fingerprint density at radius 2 is 1.07 bits per heavy atom. The van der Waals surface area contributed by atoms with Crippen molar-refractivity contribution in [3.8, 4) is 39.2 Å². The molecule has 198 valence electrons. The summed E-state index contributed by atoms with van der Waals surface area (Å²) in [6.45, 7) is 2.07. The quantitative estimate of drug-likeness (QED) is 0.209. The SMILES string of the molecule is Cc1nc2ccccc2n1-c1cccc(-c2c3ccccc3c(-c3cccc(-c4ccccn4)c3)c3ccccc23)c1. The predicted molar refractivity (Wildman–Crippen MR) is 175 cm³/mol. The van der Waals surface area contributed by atoms with E-state index in [-0.39, 0.29) is 0 Å². The van der Waals surface area contributed by atoms with Gasteiger partial charge in [0.2, 0.25) is 0 Å². The summed E-state index contributed by atoms with van der Waals surface area (Å²) >= 11 is 0. The summed E-state index contributed by atoms with van der Waals surface area (Å²) in [6.07, 6.45) is 1.85. The number of nitrogens with zero attached hydrogens (tertiary/aromatic N) is 3. The molecule has 0 unspecified atom stereocenters. The van der Waals surface area contributed by atoms with Gasteiger partial charge in [0.05, 0.1) is 16.7 Å². The average molecular weight is 538 g/mol. The van der Waals surface area contributed by atoms with Crippen molar-refractivity contribution in [3.05, 3.63) is 152 Å². The monoisotopic (exact) mass is 537 g/mol. The molecule has 0 fully saturated rings. The molecule has 0 spiro atoms. The summed E-state index contributed by atoms with van der Waals surface area (Å²) in [5, 5.41) is 4.94. The molecule has 0 aliphatic carbocycles. The minimum absolute atomic E-state index is 0.976. The maximum atomic E-state index is 4.82. The van der Waals surface area contributed by atoms with Crippen molar-refractivity contribution in [1.82, 2.24) is 14.5 Å². The summed E-state index contributed by atoms with van der Waals surface area (Å²) in [5.74, 6) is 0.978. The molecule has 3 heteroatoms. The van der Waals surface area contributed by atoms with Gasteiger partial charge in [-0.15, -0.1) is 0 Å².